The lowest BCUT2D eigenvalue weighted by Crippen LogP contribution is -2.41. The van der Waals surface area contributed by atoms with Crippen LogP contribution in [0.15, 0.2) is 18.2 Å². The van der Waals surface area contributed by atoms with E-state index in [2.05, 4.69) is 5.32 Å². The van der Waals surface area contributed by atoms with Crippen molar-refractivity contribution in [3.8, 4) is 0 Å². The number of methoxy groups -OCH3 is 1. The lowest BCUT2D eigenvalue weighted by atomic mass is 10.1. The summed E-state index contributed by atoms with van der Waals surface area (Å²) in [4.78, 5) is 27.6. The van der Waals surface area contributed by atoms with Gasteiger partial charge in [-0.05, 0) is 23.3 Å². The fourth-order valence-corrected chi connectivity index (χ4v) is 2.37. The number of nitrogens with one attached hydrogen (secondary N) is 1. The predicted octanol–water partition coefficient (Wildman–Crippen LogP) is 0.888. The molecule has 0 aromatic heterocycles. The largest absolute Gasteiger partial charge is 0.383 e. The van der Waals surface area contributed by atoms with Gasteiger partial charge >= 0.3 is 0 Å². The molecule has 0 saturated heterocycles. The maximum atomic E-state index is 12.7. The third-order valence-electron chi connectivity index (χ3n) is 3.76. The van der Waals surface area contributed by atoms with Crippen LogP contribution in [0.5, 0.6) is 0 Å². The highest BCUT2D eigenvalue weighted by molar-refractivity contribution is 5.96. The molecule has 1 aliphatic rings. The molecule has 0 unspecified atom stereocenters. The Hall–Kier alpha value is -1.63. The van der Waals surface area contributed by atoms with Crippen LogP contribution in [0.1, 0.15) is 21.5 Å². The summed E-state index contributed by atoms with van der Waals surface area (Å²) >= 11 is 0. The van der Waals surface area contributed by atoms with Crippen molar-refractivity contribution in [3.05, 3.63) is 34.9 Å². The molecule has 0 aliphatic carbocycles. The van der Waals surface area contributed by atoms with Gasteiger partial charge in [0.1, 0.15) is 6.54 Å². The average molecular weight is 342 g/mol. The summed E-state index contributed by atoms with van der Waals surface area (Å²) in [7, 11) is 4.95. The molecular formula is C16H24ClN3O3. The first-order valence-corrected chi connectivity index (χ1v) is 7.34. The van der Waals surface area contributed by atoms with E-state index in [1.807, 2.05) is 18.2 Å². The molecule has 1 N–H and O–H groups in total. The first-order valence-electron chi connectivity index (χ1n) is 7.34. The Morgan fingerprint density at radius 3 is 2.57 bits per heavy atom. The van der Waals surface area contributed by atoms with Crippen molar-refractivity contribution in [2.75, 3.05) is 40.9 Å². The number of ether oxygens (including phenoxy) is 1. The Bertz CT molecular complexity index is 564. The van der Waals surface area contributed by atoms with Gasteiger partial charge in [-0.1, -0.05) is 6.07 Å². The zero-order chi connectivity index (χ0) is 16.1. The van der Waals surface area contributed by atoms with E-state index in [-0.39, 0.29) is 30.8 Å². The van der Waals surface area contributed by atoms with Gasteiger partial charge in [-0.3, -0.25) is 9.59 Å². The molecule has 1 aromatic rings. The highest BCUT2D eigenvalue weighted by Crippen LogP contribution is 2.18. The molecule has 128 valence electrons. The van der Waals surface area contributed by atoms with Crippen molar-refractivity contribution in [3.63, 3.8) is 0 Å². The van der Waals surface area contributed by atoms with Crippen molar-refractivity contribution >= 4 is 24.2 Å². The number of nitrogens with zero attached hydrogens (tertiary/aromatic N) is 2. The second-order valence-corrected chi connectivity index (χ2v) is 5.59. The third-order valence-corrected chi connectivity index (χ3v) is 3.76. The molecule has 2 amide bonds. The number of rotatable bonds is 6. The van der Waals surface area contributed by atoms with E-state index in [9.17, 15) is 9.59 Å². The summed E-state index contributed by atoms with van der Waals surface area (Å²) in [6.45, 7) is 2.48. The molecule has 23 heavy (non-hydrogen) atoms. The molecule has 2 rings (SSSR count). The van der Waals surface area contributed by atoms with Crippen molar-refractivity contribution in [1.29, 1.82) is 0 Å². The smallest absolute Gasteiger partial charge is 0.254 e. The number of amides is 2. The summed E-state index contributed by atoms with van der Waals surface area (Å²) < 4.78 is 5.05. The van der Waals surface area contributed by atoms with Crippen LogP contribution in [0.4, 0.5) is 0 Å². The van der Waals surface area contributed by atoms with Gasteiger partial charge in [0, 0.05) is 46.4 Å². The van der Waals surface area contributed by atoms with Crippen LogP contribution < -0.4 is 5.32 Å². The fourth-order valence-electron chi connectivity index (χ4n) is 2.37. The van der Waals surface area contributed by atoms with E-state index in [4.69, 9.17) is 4.74 Å². The predicted molar refractivity (Wildman–Crippen MR) is 90.7 cm³/mol. The van der Waals surface area contributed by atoms with Gasteiger partial charge in [0.25, 0.3) is 5.91 Å². The van der Waals surface area contributed by atoms with Gasteiger partial charge in [0.05, 0.1) is 6.61 Å². The van der Waals surface area contributed by atoms with E-state index in [1.54, 1.807) is 21.2 Å². The van der Waals surface area contributed by atoms with Crippen LogP contribution >= 0.6 is 12.4 Å². The molecule has 0 spiro atoms. The minimum Gasteiger partial charge on any atom is -0.383 e. The third kappa shape index (κ3) is 4.92. The molecule has 0 fully saturated rings. The molecule has 0 bridgehead atoms. The molecular weight excluding hydrogens is 318 g/mol. The fraction of sp³-hybridized carbons (Fsp3) is 0.500. The molecule has 1 heterocycles. The summed E-state index contributed by atoms with van der Waals surface area (Å²) in [6.07, 6.45) is 0. The van der Waals surface area contributed by atoms with Crippen LogP contribution in [-0.4, -0.2) is 62.5 Å². The van der Waals surface area contributed by atoms with Gasteiger partial charge in [0.15, 0.2) is 0 Å². The number of fused-ring (bicyclic) bond motifs is 1. The Kier molecular flexibility index (Phi) is 7.48. The number of halogens is 1. The van der Waals surface area contributed by atoms with E-state index in [1.165, 1.54) is 15.4 Å². The summed E-state index contributed by atoms with van der Waals surface area (Å²) in [6, 6.07) is 5.72. The summed E-state index contributed by atoms with van der Waals surface area (Å²) in [5.74, 6) is -0.241. The standard InChI is InChI=1S/C16H23N3O3.ClH/c1-18(2)15(20)11-19(6-7-22-3)16(21)12-4-5-13-9-17-10-14(13)8-12;/h4-5,8,17H,6-7,9-11H2,1-3H3;1H. The Balaban J connectivity index is 0.00000264. The van der Waals surface area contributed by atoms with Gasteiger partial charge in [-0.2, -0.15) is 0 Å². The Morgan fingerprint density at radius 1 is 1.22 bits per heavy atom. The highest BCUT2D eigenvalue weighted by Gasteiger charge is 2.21. The van der Waals surface area contributed by atoms with Crippen LogP contribution in [0.3, 0.4) is 0 Å². The highest BCUT2D eigenvalue weighted by atomic mass is 35.5. The van der Waals surface area contributed by atoms with Crippen LogP contribution in [-0.2, 0) is 22.6 Å². The molecule has 7 heteroatoms. The quantitative estimate of drug-likeness (QED) is 0.834. The van der Waals surface area contributed by atoms with Gasteiger partial charge < -0.3 is 19.9 Å². The van der Waals surface area contributed by atoms with E-state index in [0.717, 1.165) is 18.7 Å². The van der Waals surface area contributed by atoms with E-state index >= 15 is 0 Å². The summed E-state index contributed by atoms with van der Waals surface area (Å²) in [5, 5.41) is 3.26. The first kappa shape index (κ1) is 19.4. The normalized spacial score (nSPS) is 12.3. The van der Waals surface area contributed by atoms with Gasteiger partial charge in [-0.15, -0.1) is 12.4 Å². The number of benzene rings is 1. The van der Waals surface area contributed by atoms with Crippen molar-refractivity contribution in [2.24, 2.45) is 0 Å². The Labute approximate surface area is 143 Å². The average Bonchev–Trinajstić information content (AvgIpc) is 2.97. The van der Waals surface area contributed by atoms with Gasteiger partial charge in [-0.25, -0.2) is 0 Å². The van der Waals surface area contributed by atoms with Crippen LogP contribution in [0.25, 0.3) is 0 Å². The monoisotopic (exact) mass is 341 g/mol. The van der Waals surface area contributed by atoms with Crippen molar-refractivity contribution in [1.82, 2.24) is 15.1 Å². The van der Waals surface area contributed by atoms with Crippen molar-refractivity contribution in [2.45, 2.75) is 13.1 Å². The lowest BCUT2D eigenvalue weighted by molar-refractivity contribution is -0.129. The van der Waals surface area contributed by atoms with Crippen LogP contribution in [0, 0.1) is 0 Å². The maximum Gasteiger partial charge on any atom is 0.254 e. The molecule has 0 radical (unpaired) electrons. The SMILES string of the molecule is COCCN(CC(=O)N(C)C)C(=O)c1ccc2c(c1)CNC2.Cl. The number of likely N-dealkylation sites (N-methyl/N-ethyl adjacent to an activating group) is 1. The second-order valence-electron chi connectivity index (χ2n) is 5.59. The molecule has 0 atom stereocenters. The van der Waals surface area contributed by atoms with Crippen molar-refractivity contribution < 1.29 is 14.3 Å². The topological polar surface area (TPSA) is 61.9 Å². The van der Waals surface area contributed by atoms with E-state index in [0.29, 0.717) is 18.7 Å². The molecule has 0 saturated carbocycles. The van der Waals surface area contributed by atoms with E-state index < -0.39 is 0 Å². The number of carbonyl (C=O) groups excluding carboxylic acids is 2. The second kappa shape index (κ2) is 8.86. The lowest BCUT2D eigenvalue weighted by Gasteiger charge is -2.24. The molecule has 1 aliphatic heterocycles. The minimum absolute atomic E-state index is 0. The number of hydrogen-bond donors (Lipinski definition) is 1. The maximum absolute atomic E-state index is 12.7. The van der Waals surface area contributed by atoms with Crippen LogP contribution in [0.2, 0.25) is 0 Å². The molecule has 6 nitrogen and oxygen atoms in total. The first-order chi connectivity index (χ1) is 10.5. The zero-order valence-corrected chi connectivity index (χ0v) is 14.6. The zero-order valence-electron chi connectivity index (χ0n) is 13.8. The number of carbonyl (C=O) groups is 2. The van der Waals surface area contributed by atoms with Gasteiger partial charge in [0.2, 0.25) is 5.91 Å². The summed E-state index contributed by atoms with van der Waals surface area (Å²) in [5.41, 5.74) is 2.99. The minimum atomic E-state index is -0.137. The number of hydrogen-bond acceptors (Lipinski definition) is 4. The molecule has 1 aromatic carbocycles. The Morgan fingerprint density at radius 2 is 1.91 bits per heavy atom.